The Morgan fingerprint density at radius 1 is 1.20 bits per heavy atom. The SMILES string of the molecule is COCCC(NCC(C)(C)OC)C(C)C. The zero-order valence-corrected chi connectivity index (χ0v) is 11.1. The molecule has 0 bridgehead atoms. The molecule has 1 N–H and O–H groups in total. The van der Waals surface area contributed by atoms with Gasteiger partial charge in [-0.15, -0.1) is 0 Å². The van der Waals surface area contributed by atoms with E-state index in [2.05, 4.69) is 33.0 Å². The summed E-state index contributed by atoms with van der Waals surface area (Å²) in [6.07, 6.45) is 1.05. The van der Waals surface area contributed by atoms with E-state index in [4.69, 9.17) is 9.47 Å². The van der Waals surface area contributed by atoms with Gasteiger partial charge in [0.1, 0.15) is 0 Å². The Kier molecular flexibility index (Phi) is 7.14. The predicted molar refractivity (Wildman–Crippen MR) is 64.2 cm³/mol. The third-order valence-corrected chi connectivity index (χ3v) is 2.78. The van der Waals surface area contributed by atoms with E-state index >= 15 is 0 Å². The Labute approximate surface area is 94.5 Å². The Hall–Kier alpha value is -0.120. The summed E-state index contributed by atoms with van der Waals surface area (Å²) in [5.41, 5.74) is -0.0970. The zero-order chi connectivity index (χ0) is 11.9. The minimum absolute atomic E-state index is 0.0970. The summed E-state index contributed by atoms with van der Waals surface area (Å²) in [6, 6.07) is 0.499. The maximum absolute atomic E-state index is 5.38. The van der Waals surface area contributed by atoms with Gasteiger partial charge in [-0.05, 0) is 26.2 Å². The van der Waals surface area contributed by atoms with Crippen molar-refractivity contribution in [2.24, 2.45) is 5.92 Å². The molecule has 0 aliphatic rings. The molecule has 1 unspecified atom stereocenters. The third-order valence-electron chi connectivity index (χ3n) is 2.78. The van der Waals surface area contributed by atoms with Crippen LogP contribution < -0.4 is 5.32 Å². The third kappa shape index (κ3) is 6.88. The number of ether oxygens (including phenoxy) is 2. The number of nitrogens with one attached hydrogen (secondary N) is 1. The number of methoxy groups -OCH3 is 2. The molecule has 0 saturated carbocycles. The number of hydrogen-bond acceptors (Lipinski definition) is 3. The monoisotopic (exact) mass is 217 g/mol. The van der Waals surface area contributed by atoms with Gasteiger partial charge in [-0.3, -0.25) is 0 Å². The molecule has 0 saturated heterocycles. The van der Waals surface area contributed by atoms with Crippen LogP contribution in [0, 0.1) is 5.92 Å². The molecule has 0 aliphatic carbocycles. The topological polar surface area (TPSA) is 30.5 Å². The molecule has 0 amide bonds. The quantitative estimate of drug-likeness (QED) is 0.675. The summed E-state index contributed by atoms with van der Waals surface area (Å²) in [5.74, 6) is 0.618. The van der Waals surface area contributed by atoms with Crippen LogP contribution in [-0.4, -0.2) is 39.0 Å². The molecule has 0 aromatic rings. The molecule has 0 heterocycles. The van der Waals surface area contributed by atoms with Crippen molar-refractivity contribution in [2.45, 2.75) is 45.8 Å². The van der Waals surface area contributed by atoms with Crippen molar-refractivity contribution < 1.29 is 9.47 Å². The first-order valence-electron chi connectivity index (χ1n) is 5.70. The van der Waals surface area contributed by atoms with E-state index in [-0.39, 0.29) is 5.60 Å². The Bertz CT molecular complexity index is 158. The smallest absolute Gasteiger partial charge is 0.0746 e. The van der Waals surface area contributed by atoms with Gasteiger partial charge in [0.05, 0.1) is 5.60 Å². The molecular formula is C12H27NO2. The van der Waals surface area contributed by atoms with Gasteiger partial charge in [0.25, 0.3) is 0 Å². The lowest BCUT2D eigenvalue weighted by Gasteiger charge is -2.29. The van der Waals surface area contributed by atoms with Crippen LogP contribution in [0.4, 0.5) is 0 Å². The van der Waals surface area contributed by atoms with Gasteiger partial charge in [0.2, 0.25) is 0 Å². The van der Waals surface area contributed by atoms with E-state index < -0.39 is 0 Å². The van der Waals surface area contributed by atoms with Crippen molar-refractivity contribution >= 4 is 0 Å². The summed E-state index contributed by atoms with van der Waals surface area (Å²) >= 11 is 0. The Morgan fingerprint density at radius 3 is 2.20 bits per heavy atom. The molecule has 0 aliphatic heterocycles. The molecule has 3 nitrogen and oxygen atoms in total. The van der Waals surface area contributed by atoms with Crippen LogP contribution in [0.15, 0.2) is 0 Å². The van der Waals surface area contributed by atoms with Crippen molar-refractivity contribution in [1.29, 1.82) is 0 Å². The summed E-state index contributed by atoms with van der Waals surface area (Å²) in [7, 11) is 3.50. The molecular weight excluding hydrogens is 190 g/mol. The van der Waals surface area contributed by atoms with E-state index in [0.717, 1.165) is 19.6 Å². The van der Waals surface area contributed by atoms with E-state index in [9.17, 15) is 0 Å². The van der Waals surface area contributed by atoms with Crippen LogP contribution >= 0.6 is 0 Å². The highest BCUT2D eigenvalue weighted by molar-refractivity contribution is 4.77. The first-order chi connectivity index (χ1) is 6.93. The van der Waals surface area contributed by atoms with Gasteiger partial charge in [-0.25, -0.2) is 0 Å². The second-order valence-corrected chi connectivity index (χ2v) is 4.98. The first-order valence-corrected chi connectivity index (χ1v) is 5.70. The first kappa shape index (κ1) is 14.9. The van der Waals surface area contributed by atoms with Crippen molar-refractivity contribution in [3.8, 4) is 0 Å². The standard InChI is InChI=1S/C12H27NO2/c1-10(2)11(7-8-14-5)13-9-12(3,4)15-6/h10-11,13H,7-9H2,1-6H3. The summed E-state index contributed by atoms with van der Waals surface area (Å²) < 4.78 is 10.5. The molecule has 0 spiro atoms. The van der Waals surface area contributed by atoms with Crippen LogP contribution in [0.2, 0.25) is 0 Å². The van der Waals surface area contributed by atoms with Crippen molar-refractivity contribution in [2.75, 3.05) is 27.4 Å². The number of rotatable bonds is 8. The largest absolute Gasteiger partial charge is 0.385 e. The van der Waals surface area contributed by atoms with Crippen LogP contribution in [0.5, 0.6) is 0 Å². The van der Waals surface area contributed by atoms with Crippen LogP contribution in [0.1, 0.15) is 34.1 Å². The van der Waals surface area contributed by atoms with E-state index in [1.54, 1.807) is 14.2 Å². The average molecular weight is 217 g/mol. The van der Waals surface area contributed by atoms with E-state index in [0.29, 0.717) is 12.0 Å². The van der Waals surface area contributed by atoms with Crippen molar-refractivity contribution in [3.05, 3.63) is 0 Å². The van der Waals surface area contributed by atoms with Crippen molar-refractivity contribution in [1.82, 2.24) is 5.32 Å². The molecule has 0 fully saturated rings. The fraction of sp³-hybridized carbons (Fsp3) is 1.00. The maximum Gasteiger partial charge on any atom is 0.0746 e. The second-order valence-electron chi connectivity index (χ2n) is 4.98. The Morgan fingerprint density at radius 2 is 1.80 bits per heavy atom. The molecule has 0 rings (SSSR count). The molecule has 3 heteroatoms. The molecule has 1 atom stereocenters. The summed E-state index contributed by atoms with van der Waals surface area (Å²) in [6.45, 7) is 10.3. The molecule has 0 aromatic carbocycles. The molecule has 92 valence electrons. The molecule has 0 aromatic heterocycles. The minimum atomic E-state index is -0.0970. The highest BCUT2D eigenvalue weighted by Gasteiger charge is 2.20. The van der Waals surface area contributed by atoms with Gasteiger partial charge >= 0.3 is 0 Å². The number of hydrogen-bond donors (Lipinski definition) is 1. The normalized spacial score (nSPS) is 14.6. The Balaban J connectivity index is 3.95. The lowest BCUT2D eigenvalue weighted by Crippen LogP contribution is -2.44. The summed E-state index contributed by atoms with van der Waals surface area (Å²) in [4.78, 5) is 0. The minimum Gasteiger partial charge on any atom is -0.385 e. The van der Waals surface area contributed by atoms with E-state index in [1.165, 1.54) is 0 Å². The van der Waals surface area contributed by atoms with Crippen LogP contribution in [0.25, 0.3) is 0 Å². The van der Waals surface area contributed by atoms with E-state index in [1.807, 2.05) is 0 Å². The van der Waals surface area contributed by atoms with Gasteiger partial charge in [-0.1, -0.05) is 13.8 Å². The van der Waals surface area contributed by atoms with Gasteiger partial charge in [-0.2, -0.15) is 0 Å². The maximum atomic E-state index is 5.38. The van der Waals surface area contributed by atoms with Crippen molar-refractivity contribution in [3.63, 3.8) is 0 Å². The highest BCUT2D eigenvalue weighted by atomic mass is 16.5. The highest BCUT2D eigenvalue weighted by Crippen LogP contribution is 2.10. The predicted octanol–water partition coefficient (Wildman–Crippen LogP) is 2.06. The van der Waals surface area contributed by atoms with Crippen LogP contribution in [0.3, 0.4) is 0 Å². The van der Waals surface area contributed by atoms with Gasteiger partial charge in [0, 0.05) is 33.4 Å². The molecule has 15 heavy (non-hydrogen) atoms. The van der Waals surface area contributed by atoms with Gasteiger partial charge < -0.3 is 14.8 Å². The van der Waals surface area contributed by atoms with Crippen LogP contribution in [-0.2, 0) is 9.47 Å². The lowest BCUT2D eigenvalue weighted by atomic mass is 10.00. The fourth-order valence-electron chi connectivity index (χ4n) is 1.36. The zero-order valence-electron chi connectivity index (χ0n) is 11.1. The molecule has 0 radical (unpaired) electrons. The summed E-state index contributed by atoms with van der Waals surface area (Å²) in [5, 5.41) is 3.54. The lowest BCUT2D eigenvalue weighted by molar-refractivity contribution is 0.0186. The van der Waals surface area contributed by atoms with Gasteiger partial charge in [0.15, 0.2) is 0 Å². The fourth-order valence-corrected chi connectivity index (χ4v) is 1.36. The second kappa shape index (κ2) is 7.20. The average Bonchev–Trinajstić information content (AvgIpc) is 2.17.